The van der Waals surface area contributed by atoms with Crippen LogP contribution in [0.4, 0.5) is 0 Å². The van der Waals surface area contributed by atoms with Gasteiger partial charge in [0.15, 0.2) is 0 Å². The maximum atomic E-state index is 5.62. The van der Waals surface area contributed by atoms with Gasteiger partial charge in [0.1, 0.15) is 0 Å². The molecule has 1 saturated heterocycles. The number of hydrogen-bond donors (Lipinski definition) is 1. The van der Waals surface area contributed by atoms with Crippen molar-refractivity contribution in [3.05, 3.63) is 0 Å². The molecule has 0 aromatic heterocycles. The van der Waals surface area contributed by atoms with Crippen molar-refractivity contribution in [2.24, 2.45) is 11.7 Å². The molecule has 3 nitrogen and oxygen atoms in total. The minimum atomic E-state index is 0.723. The van der Waals surface area contributed by atoms with Crippen molar-refractivity contribution in [3.63, 3.8) is 0 Å². The van der Waals surface area contributed by atoms with Gasteiger partial charge in [0.05, 0.1) is 0 Å². The Morgan fingerprint density at radius 2 is 1.93 bits per heavy atom. The first-order valence-corrected chi connectivity index (χ1v) is 5.76. The fourth-order valence-corrected chi connectivity index (χ4v) is 2.27. The molecule has 2 N–H and O–H groups in total. The highest BCUT2D eigenvalue weighted by molar-refractivity contribution is 4.77. The van der Waals surface area contributed by atoms with Gasteiger partial charge in [-0.15, -0.1) is 0 Å². The van der Waals surface area contributed by atoms with Gasteiger partial charge in [-0.1, -0.05) is 13.8 Å². The minimum absolute atomic E-state index is 0.723. The van der Waals surface area contributed by atoms with Crippen molar-refractivity contribution in [3.8, 4) is 0 Å². The van der Waals surface area contributed by atoms with Crippen LogP contribution in [0.1, 0.15) is 26.7 Å². The van der Waals surface area contributed by atoms with Crippen LogP contribution >= 0.6 is 0 Å². The summed E-state index contributed by atoms with van der Waals surface area (Å²) in [6.45, 7) is 8.85. The quantitative estimate of drug-likeness (QED) is 0.732. The summed E-state index contributed by atoms with van der Waals surface area (Å²) in [5, 5.41) is 0. The highest BCUT2D eigenvalue weighted by atomic mass is 15.2. The van der Waals surface area contributed by atoms with Crippen LogP contribution in [-0.2, 0) is 0 Å². The predicted molar refractivity (Wildman–Crippen MR) is 61.1 cm³/mol. The molecule has 0 amide bonds. The summed E-state index contributed by atoms with van der Waals surface area (Å²) >= 11 is 0. The molecule has 1 rings (SSSR count). The molecule has 0 atom stereocenters. The van der Waals surface area contributed by atoms with Crippen LogP contribution in [0.3, 0.4) is 0 Å². The molecule has 1 aliphatic rings. The van der Waals surface area contributed by atoms with Gasteiger partial charge in [-0.2, -0.15) is 0 Å². The summed E-state index contributed by atoms with van der Waals surface area (Å²) in [4.78, 5) is 4.85. The summed E-state index contributed by atoms with van der Waals surface area (Å²) in [7, 11) is 2.25. The van der Waals surface area contributed by atoms with E-state index in [1.165, 1.54) is 32.5 Å². The predicted octanol–water partition coefficient (Wildman–Crippen LogP) is 0.955. The van der Waals surface area contributed by atoms with E-state index >= 15 is 0 Å². The van der Waals surface area contributed by atoms with E-state index in [1.807, 2.05) is 0 Å². The van der Waals surface area contributed by atoms with Crippen molar-refractivity contribution >= 4 is 0 Å². The Balaban J connectivity index is 2.26. The van der Waals surface area contributed by atoms with E-state index in [2.05, 4.69) is 30.7 Å². The smallest absolute Gasteiger partial charge is 0.0455 e. The molecule has 0 spiro atoms. The third-order valence-electron chi connectivity index (χ3n) is 3.09. The minimum Gasteiger partial charge on any atom is -0.318 e. The monoisotopic (exact) mass is 199 g/mol. The van der Waals surface area contributed by atoms with E-state index in [1.54, 1.807) is 0 Å². The normalized spacial score (nSPS) is 21.0. The highest BCUT2D eigenvalue weighted by Gasteiger charge is 2.21. The molecule has 1 heterocycles. The lowest BCUT2D eigenvalue weighted by atomic mass is 10.0. The number of rotatable bonds is 4. The maximum absolute atomic E-state index is 5.62. The number of nitrogens with two attached hydrogens (primary N) is 1. The molecule has 84 valence electrons. The van der Waals surface area contributed by atoms with Gasteiger partial charge in [-0.3, -0.25) is 4.90 Å². The first kappa shape index (κ1) is 12.0. The molecule has 0 aromatic carbocycles. The molecule has 0 aliphatic carbocycles. The molecule has 0 saturated carbocycles. The summed E-state index contributed by atoms with van der Waals surface area (Å²) in [6, 6.07) is 0.778. The van der Waals surface area contributed by atoms with Gasteiger partial charge in [0.2, 0.25) is 0 Å². The Labute approximate surface area is 88.2 Å². The van der Waals surface area contributed by atoms with Gasteiger partial charge in [0.25, 0.3) is 0 Å². The lowest BCUT2D eigenvalue weighted by molar-refractivity contribution is 0.121. The van der Waals surface area contributed by atoms with Crippen LogP contribution in [0, 0.1) is 5.92 Å². The van der Waals surface area contributed by atoms with Crippen molar-refractivity contribution in [1.82, 2.24) is 9.80 Å². The fraction of sp³-hybridized carbons (Fsp3) is 1.00. The molecule has 0 radical (unpaired) electrons. The molecule has 1 aliphatic heterocycles. The fourth-order valence-electron chi connectivity index (χ4n) is 2.27. The van der Waals surface area contributed by atoms with Gasteiger partial charge in [-0.05, 0) is 25.8 Å². The van der Waals surface area contributed by atoms with Gasteiger partial charge in [-0.25, -0.2) is 0 Å². The molecular formula is C11H25N3. The maximum Gasteiger partial charge on any atom is 0.0455 e. The highest BCUT2D eigenvalue weighted by Crippen LogP contribution is 2.15. The number of likely N-dealkylation sites (tertiary alicyclic amines) is 1. The van der Waals surface area contributed by atoms with Crippen molar-refractivity contribution in [1.29, 1.82) is 0 Å². The zero-order valence-electron chi connectivity index (χ0n) is 9.87. The molecule has 0 bridgehead atoms. The Hall–Kier alpha value is -0.120. The second-order valence-corrected chi connectivity index (χ2v) is 4.87. The Morgan fingerprint density at radius 3 is 2.36 bits per heavy atom. The summed E-state index contributed by atoms with van der Waals surface area (Å²) in [5.41, 5.74) is 5.62. The average Bonchev–Trinajstić information content (AvgIpc) is 2.17. The summed E-state index contributed by atoms with van der Waals surface area (Å²) < 4.78 is 0. The van der Waals surface area contributed by atoms with E-state index in [9.17, 15) is 0 Å². The van der Waals surface area contributed by atoms with Gasteiger partial charge < -0.3 is 10.6 Å². The zero-order valence-corrected chi connectivity index (χ0v) is 9.87. The second kappa shape index (κ2) is 5.69. The molecule has 3 heteroatoms. The lowest BCUT2D eigenvalue weighted by Gasteiger charge is -2.36. The third-order valence-corrected chi connectivity index (χ3v) is 3.09. The standard InChI is InChI=1S/C11H25N3/c1-10(2)8-13(3)11-4-6-14(9-12)7-5-11/h10-11H,4-9,12H2,1-3H3. The summed E-state index contributed by atoms with van der Waals surface area (Å²) in [6.07, 6.45) is 2.56. The zero-order chi connectivity index (χ0) is 10.6. The number of piperidine rings is 1. The Morgan fingerprint density at radius 1 is 1.36 bits per heavy atom. The SMILES string of the molecule is CC(C)CN(C)C1CCN(CN)CC1. The van der Waals surface area contributed by atoms with E-state index in [0.29, 0.717) is 0 Å². The van der Waals surface area contributed by atoms with Crippen LogP contribution in [-0.4, -0.2) is 49.2 Å². The van der Waals surface area contributed by atoms with Crippen molar-refractivity contribution in [2.45, 2.75) is 32.7 Å². The molecular weight excluding hydrogens is 174 g/mol. The van der Waals surface area contributed by atoms with E-state index in [4.69, 9.17) is 5.73 Å². The first-order valence-electron chi connectivity index (χ1n) is 5.76. The van der Waals surface area contributed by atoms with Crippen LogP contribution in [0.2, 0.25) is 0 Å². The second-order valence-electron chi connectivity index (χ2n) is 4.87. The molecule has 0 aromatic rings. The van der Waals surface area contributed by atoms with Crippen LogP contribution in [0.15, 0.2) is 0 Å². The van der Waals surface area contributed by atoms with Crippen molar-refractivity contribution < 1.29 is 0 Å². The third kappa shape index (κ3) is 3.56. The molecule has 0 unspecified atom stereocenters. The molecule has 1 fully saturated rings. The molecule has 14 heavy (non-hydrogen) atoms. The van der Waals surface area contributed by atoms with Crippen LogP contribution in [0.5, 0.6) is 0 Å². The van der Waals surface area contributed by atoms with E-state index in [-0.39, 0.29) is 0 Å². The first-order chi connectivity index (χ1) is 6.63. The van der Waals surface area contributed by atoms with Gasteiger partial charge >= 0.3 is 0 Å². The van der Waals surface area contributed by atoms with E-state index < -0.39 is 0 Å². The Bertz CT molecular complexity index is 151. The van der Waals surface area contributed by atoms with Crippen LogP contribution in [0.25, 0.3) is 0 Å². The van der Waals surface area contributed by atoms with Gasteiger partial charge in [0, 0.05) is 32.3 Å². The lowest BCUT2D eigenvalue weighted by Crippen LogP contribution is -2.45. The number of nitrogens with zero attached hydrogens (tertiary/aromatic N) is 2. The summed E-state index contributed by atoms with van der Waals surface area (Å²) in [5.74, 6) is 0.771. The van der Waals surface area contributed by atoms with Crippen molar-refractivity contribution in [2.75, 3.05) is 33.4 Å². The Kier molecular flexibility index (Phi) is 4.85. The number of hydrogen-bond acceptors (Lipinski definition) is 3. The average molecular weight is 199 g/mol. The van der Waals surface area contributed by atoms with E-state index in [0.717, 1.165) is 18.6 Å². The topological polar surface area (TPSA) is 32.5 Å². The van der Waals surface area contributed by atoms with Crippen LogP contribution < -0.4 is 5.73 Å². The largest absolute Gasteiger partial charge is 0.318 e.